The maximum Gasteiger partial charge on any atom is 0.248 e. The number of sulfonamides is 1. The summed E-state index contributed by atoms with van der Waals surface area (Å²) in [4.78, 5) is 13.0. The Morgan fingerprint density at radius 3 is 2.07 bits per heavy atom. The van der Waals surface area contributed by atoms with Crippen LogP contribution in [-0.4, -0.2) is 26.6 Å². The number of benzene rings is 2. The van der Waals surface area contributed by atoms with Crippen molar-refractivity contribution < 1.29 is 13.2 Å². The summed E-state index contributed by atoms with van der Waals surface area (Å²) in [6, 6.07) is 10.4. The highest BCUT2D eigenvalue weighted by Gasteiger charge is 2.31. The van der Waals surface area contributed by atoms with Gasteiger partial charge in [-0.25, -0.2) is 8.42 Å². The zero-order chi connectivity index (χ0) is 20.4. The molecule has 2 aromatic rings. The van der Waals surface area contributed by atoms with Crippen molar-refractivity contribution in [2.24, 2.45) is 0 Å². The molecular formula is C21H28N2O3S. The Labute approximate surface area is 162 Å². The number of aryl methyl sites for hydroxylation is 4. The van der Waals surface area contributed by atoms with Crippen molar-refractivity contribution in [2.75, 3.05) is 15.9 Å². The summed E-state index contributed by atoms with van der Waals surface area (Å²) in [7, 11) is -3.64. The molecule has 0 saturated heterocycles. The van der Waals surface area contributed by atoms with Crippen LogP contribution < -0.4 is 9.62 Å². The van der Waals surface area contributed by atoms with Gasteiger partial charge in [0.1, 0.15) is 6.04 Å². The standard InChI is InChI=1S/C21H28N2O3S/c1-7-20(21(24)22-18-9-8-16(4)17(5)13-18)23(27(6,25)26)19-11-14(2)10-15(3)12-19/h8-13,20H,7H2,1-6H3,(H,22,24). The van der Waals surface area contributed by atoms with E-state index in [1.54, 1.807) is 12.1 Å². The molecule has 146 valence electrons. The summed E-state index contributed by atoms with van der Waals surface area (Å²) >= 11 is 0. The van der Waals surface area contributed by atoms with E-state index in [2.05, 4.69) is 5.32 Å². The molecule has 0 fully saturated rings. The minimum atomic E-state index is -3.64. The van der Waals surface area contributed by atoms with Crippen LogP contribution in [0.1, 0.15) is 35.6 Å². The maximum absolute atomic E-state index is 13.0. The molecule has 0 bridgehead atoms. The monoisotopic (exact) mass is 388 g/mol. The van der Waals surface area contributed by atoms with E-state index in [0.29, 0.717) is 17.8 Å². The van der Waals surface area contributed by atoms with Gasteiger partial charge in [-0.3, -0.25) is 9.10 Å². The Morgan fingerprint density at radius 2 is 1.59 bits per heavy atom. The Bertz CT molecular complexity index is 932. The zero-order valence-electron chi connectivity index (χ0n) is 16.8. The van der Waals surface area contributed by atoms with Crippen LogP contribution in [-0.2, 0) is 14.8 Å². The lowest BCUT2D eigenvalue weighted by Crippen LogP contribution is -2.47. The molecule has 0 aromatic heterocycles. The second-order valence-corrected chi connectivity index (χ2v) is 8.98. The molecule has 0 radical (unpaired) electrons. The highest BCUT2D eigenvalue weighted by molar-refractivity contribution is 7.92. The first-order valence-corrected chi connectivity index (χ1v) is 10.8. The van der Waals surface area contributed by atoms with E-state index < -0.39 is 16.1 Å². The number of carbonyl (C=O) groups excluding carboxylic acids is 1. The van der Waals surface area contributed by atoms with Gasteiger partial charge in [0.25, 0.3) is 0 Å². The molecule has 27 heavy (non-hydrogen) atoms. The van der Waals surface area contributed by atoms with E-state index in [4.69, 9.17) is 0 Å². The highest BCUT2D eigenvalue weighted by Crippen LogP contribution is 2.26. The number of rotatable bonds is 6. The summed E-state index contributed by atoms with van der Waals surface area (Å²) in [5.74, 6) is -0.342. The largest absolute Gasteiger partial charge is 0.324 e. The Kier molecular flexibility index (Phi) is 6.31. The van der Waals surface area contributed by atoms with Gasteiger partial charge >= 0.3 is 0 Å². The fourth-order valence-electron chi connectivity index (χ4n) is 3.18. The average molecular weight is 389 g/mol. The number of amides is 1. The van der Waals surface area contributed by atoms with Crippen molar-refractivity contribution in [1.29, 1.82) is 0 Å². The third-order valence-electron chi connectivity index (χ3n) is 4.57. The molecule has 0 heterocycles. The van der Waals surface area contributed by atoms with Crippen molar-refractivity contribution in [2.45, 2.75) is 47.1 Å². The van der Waals surface area contributed by atoms with Gasteiger partial charge in [0.05, 0.1) is 11.9 Å². The normalized spacial score (nSPS) is 12.5. The number of hydrogen-bond donors (Lipinski definition) is 1. The van der Waals surface area contributed by atoms with Crippen molar-refractivity contribution in [3.63, 3.8) is 0 Å². The van der Waals surface area contributed by atoms with Gasteiger partial charge in [-0.2, -0.15) is 0 Å². The number of nitrogens with zero attached hydrogens (tertiary/aromatic N) is 1. The van der Waals surface area contributed by atoms with Crippen LogP contribution in [0, 0.1) is 27.7 Å². The number of carbonyl (C=O) groups is 1. The van der Waals surface area contributed by atoms with Crippen LogP contribution in [0.3, 0.4) is 0 Å². The van der Waals surface area contributed by atoms with E-state index in [9.17, 15) is 13.2 Å². The van der Waals surface area contributed by atoms with E-state index in [1.807, 2.05) is 58.9 Å². The summed E-state index contributed by atoms with van der Waals surface area (Å²) in [6.45, 7) is 9.60. The van der Waals surface area contributed by atoms with E-state index in [1.165, 1.54) is 4.31 Å². The summed E-state index contributed by atoms with van der Waals surface area (Å²) < 4.78 is 26.3. The van der Waals surface area contributed by atoms with Crippen molar-refractivity contribution >= 4 is 27.3 Å². The van der Waals surface area contributed by atoms with Crippen LogP contribution in [0.2, 0.25) is 0 Å². The molecule has 0 saturated carbocycles. The van der Waals surface area contributed by atoms with E-state index in [-0.39, 0.29) is 5.91 Å². The lowest BCUT2D eigenvalue weighted by atomic mass is 10.1. The molecular weight excluding hydrogens is 360 g/mol. The first-order valence-electron chi connectivity index (χ1n) is 8.98. The second kappa shape index (κ2) is 8.13. The second-order valence-electron chi connectivity index (χ2n) is 7.12. The van der Waals surface area contributed by atoms with Gasteiger partial charge in [0, 0.05) is 5.69 Å². The first kappa shape index (κ1) is 21.0. The molecule has 1 unspecified atom stereocenters. The third kappa shape index (κ3) is 5.10. The van der Waals surface area contributed by atoms with Crippen LogP contribution >= 0.6 is 0 Å². The number of anilines is 2. The highest BCUT2D eigenvalue weighted by atomic mass is 32.2. The topological polar surface area (TPSA) is 66.5 Å². The Balaban J connectivity index is 2.42. The van der Waals surface area contributed by atoms with Crippen molar-refractivity contribution in [3.8, 4) is 0 Å². The fourth-order valence-corrected chi connectivity index (χ4v) is 4.38. The number of hydrogen-bond acceptors (Lipinski definition) is 3. The molecule has 2 aromatic carbocycles. The van der Waals surface area contributed by atoms with Crippen LogP contribution in [0.25, 0.3) is 0 Å². The molecule has 2 rings (SSSR count). The predicted octanol–water partition coefficient (Wildman–Crippen LogP) is 4.10. The minimum Gasteiger partial charge on any atom is -0.324 e. The summed E-state index contributed by atoms with van der Waals surface area (Å²) in [5, 5.41) is 2.87. The molecule has 6 heteroatoms. The van der Waals surface area contributed by atoms with E-state index >= 15 is 0 Å². The molecule has 1 N–H and O–H groups in total. The van der Waals surface area contributed by atoms with Gasteiger partial charge in [-0.1, -0.05) is 19.1 Å². The predicted molar refractivity (Wildman–Crippen MR) is 112 cm³/mol. The summed E-state index contributed by atoms with van der Waals surface area (Å²) in [5.41, 5.74) is 5.27. The molecule has 0 aliphatic rings. The molecule has 0 aliphatic carbocycles. The van der Waals surface area contributed by atoms with Crippen molar-refractivity contribution in [3.05, 3.63) is 58.7 Å². The fraction of sp³-hybridized carbons (Fsp3) is 0.381. The maximum atomic E-state index is 13.0. The molecule has 0 spiro atoms. The van der Waals surface area contributed by atoms with Gasteiger partial charge < -0.3 is 5.32 Å². The Hall–Kier alpha value is -2.34. The zero-order valence-corrected chi connectivity index (χ0v) is 17.6. The van der Waals surface area contributed by atoms with Gasteiger partial charge in [0.2, 0.25) is 15.9 Å². The smallest absolute Gasteiger partial charge is 0.248 e. The minimum absolute atomic E-state index is 0.342. The molecule has 1 atom stereocenters. The lowest BCUT2D eigenvalue weighted by molar-refractivity contribution is -0.117. The van der Waals surface area contributed by atoms with E-state index in [0.717, 1.165) is 28.5 Å². The van der Waals surface area contributed by atoms with Crippen LogP contribution in [0.15, 0.2) is 36.4 Å². The molecule has 0 aliphatic heterocycles. The quantitative estimate of drug-likeness (QED) is 0.810. The SMILES string of the molecule is CCC(C(=O)Nc1ccc(C)c(C)c1)N(c1cc(C)cc(C)c1)S(C)(=O)=O. The molecule has 1 amide bonds. The average Bonchev–Trinajstić information content (AvgIpc) is 2.53. The summed E-state index contributed by atoms with van der Waals surface area (Å²) in [6.07, 6.45) is 1.49. The van der Waals surface area contributed by atoms with Gasteiger partial charge in [0.15, 0.2) is 0 Å². The van der Waals surface area contributed by atoms with Gasteiger partial charge in [-0.05, 0) is 80.6 Å². The first-order chi connectivity index (χ1) is 12.5. The van der Waals surface area contributed by atoms with Gasteiger partial charge in [-0.15, -0.1) is 0 Å². The Morgan fingerprint density at radius 1 is 1.00 bits per heavy atom. The lowest BCUT2D eigenvalue weighted by Gasteiger charge is -2.30. The van der Waals surface area contributed by atoms with Crippen LogP contribution in [0.5, 0.6) is 0 Å². The third-order valence-corrected chi connectivity index (χ3v) is 5.74. The molecule has 5 nitrogen and oxygen atoms in total. The number of nitrogens with one attached hydrogen (secondary N) is 1. The van der Waals surface area contributed by atoms with Crippen molar-refractivity contribution in [1.82, 2.24) is 0 Å². The van der Waals surface area contributed by atoms with Crippen LogP contribution in [0.4, 0.5) is 11.4 Å².